The lowest BCUT2D eigenvalue weighted by molar-refractivity contribution is 0.126. The summed E-state index contributed by atoms with van der Waals surface area (Å²) in [5.41, 5.74) is 0. The highest BCUT2D eigenvalue weighted by molar-refractivity contribution is 4.65. The maximum atomic E-state index is 8.92. The molecule has 134 valence electrons. The molecule has 0 spiro atoms. The molecule has 0 unspecified atom stereocenters. The average Bonchev–Trinajstić information content (AvgIpc) is 2.48. The van der Waals surface area contributed by atoms with Gasteiger partial charge in [-0.2, -0.15) is 0 Å². The summed E-state index contributed by atoms with van der Waals surface area (Å²) in [6.45, 7) is 7.49. The number of ether oxygens (including phenoxy) is 1. The van der Waals surface area contributed by atoms with Gasteiger partial charge < -0.3 is 20.3 Å². The highest BCUT2D eigenvalue weighted by atomic mass is 16.5. The number of aliphatic hydroxyl groups excluding tert-OH is 2. The molecule has 0 aliphatic carbocycles. The molecule has 0 aromatic heterocycles. The zero-order valence-corrected chi connectivity index (χ0v) is 14.9. The van der Waals surface area contributed by atoms with E-state index < -0.39 is 0 Å². The molecule has 4 nitrogen and oxygen atoms in total. The van der Waals surface area contributed by atoms with E-state index in [1.165, 1.54) is 38.5 Å². The summed E-state index contributed by atoms with van der Waals surface area (Å²) in [5.74, 6) is 0.839. The van der Waals surface area contributed by atoms with Crippen LogP contribution in [0.4, 0.5) is 0 Å². The molecule has 3 N–H and O–H groups in total. The maximum absolute atomic E-state index is 8.92. The first-order valence-electron chi connectivity index (χ1n) is 9.23. The molecule has 0 saturated heterocycles. The Morgan fingerprint density at radius 3 is 2.00 bits per heavy atom. The van der Waals surface area contributed by atoms with Gasteiger partial charge in [0.1, 0.15) is 0 Å². The van der Waals surface area contributed by atoms with E-state index in [2.05, 4.69) is 19.2 Å². The van der Waals surface area contributed by atoms with Crippen molar-refractivity contribution in [2.24, 2.45) is 5.92 Å². The van der Waals surface area contributed by atoms with Crippen molar-refractivity contribution in [2.45, 2.75) is 77.7 Å². The summed E-state index contributed by atoms with van der Waals surface area (Å²) < 4.78 is 5.64. The van der Waals surface area contributed by atoms with Gasteiger partial charge in [-0.05, 0) is 38.1 Å². The van der Waals surface area contributed by atoms with Crippen molar-refractivity contribution in [1.29, 1.82) is 0 Å². The number of aliphatic hydroxyl groups is 2. The van der Waals surface area contributed by atoms with Crippen molar-refractivity contribution in [1.82, 2.24) is 5.32 Å². The second kappa shape index (κ2) is 17.2. The minimum atomic E-state index is 0.172. The molecule has 0 aliphatic heterocycles. The van der Waals surface area contributed by atoms with E-state index in [-0.39, 0.29) is 19.3 Å². The molecular formula is C18H39NO3. The first kappa shape index (κ1) is 21.8. The van der Waals surface area contributed by atoms with Gasteiger partial charge in [-0.25, -0.2) is 0 Å². The van der Waals surface area contributed by atoms with Crippen molar-refractivity contribution in [3.05, 3.63) is 0 Å². The average molecular weight is 318 g/mol. The molecule has 4 heteroatoms. The topological polar surface area (TPSA) is 61.7 Å². The molecule has 0 aromatic carbocycles. The second-order valence-corrected chi connectivity index (χ2v) is 6.59. The minimum Gasteiger partial charge on any atom is -0.396 e. The predicted octanol–water partition coefficient (Wildman–Crippen LogP) is 3.11. The molecule has 0 aromatic rings. The van der Waals surface area contributed by atoms with E-state index in [4.69, 9.17) is 14.9 Å². The zero-order valence-electron chi connectivity index (χ0n) is 14.9. The Morgan fingerprint density at radius 1 is 0.773 bits per heavy atom. The maximum Gasteiger partial charge on any atom is 0.0478 e. The lowest BCUT2D eigenvalue weighted by atomic mass is 10.0. The molecule has 0 bridgehead atoms. The number of nitrogens with one attached hydrogen (secondary N) is 1. The van der Waals surface area contributed by atoms with Gasteiger partial charge >= 0.3 is 0 Å². The van der Waals surface area contributed by atoms with E-state index in [1.54, 1.807) is 0 Å². The summed E-state index contributed by atoms with van der Waals surface area (Å²) >= 11 is 0. The van der Waals surface area contributed by atoms with Gasteiger partial charge in [-0.1, -0.05) is 46.0 Å². The monoisotopic (exact) mass is 317 g/mol. The third kappa shape index (κ3) is 16.2. The van der Waals surface area contributed by atoms with Crippen LogP contribution < -0.4 is 5.32 Å². The smallest absolute Gasteiger partial charge is 0.0478 e. The summed E-state index contributed by atoms with van der Waals surface area (Å²) in [4.78, 5) is 0. The molecule has 0 rings (SSSR count). The van der Waals surface area contributed by atoms with Crippen LogP contribution in [-0.4, -0.2) is 49.2 Å². The molecule has 0 fully saturated rings. The molecule has 0 radical (unpaired) electrons. The summed E-state index contributed by atoms with van der Waals surface area (Å²) in [7, 11) is 0. The van der Waals surface area contributed by atoms with Crippen molar-refractivity contribution >= 4 is 0 Å². The number of hydrogen-bond acceptors (Lipinski definition) is 4. The van der Waals surface area contributed by atoms with E-state index in [1.807, 2.05) is 0 Å². The molecule has 0 atom stereocenters. The van der Waals surface area contributed by atoms with Gasteiger partial charge in [0.25, 0.3) is 0 Å². The van der Waals surface area contributed by atoms with Gasteiger partial charge in [-0.3, -0.25) is 0 Å². The van der Waals surface area contributed by atoms with Crippen LogP contribution in [0.3, 0.4) is 0 Å². The van der Waals surface area contributed by atoms with Gasteiger partial charge in [-0.15, -0.1) is 0 Å². The van der Waals surface area contributed by atoms with E-state index in [0.29, 0.717) is 12.8 Å². The Kier molecular flexibility index (Phi) is 17.1. The van der Waals surface area contributed by atoms with Crippen LogP contribution in [0.2, 0.25) is 0 Å². The first-order valence-corrected chi connectivity index (χ1v) is 9.23. The highest BCUT2D eigenvalue weighted by Crippen LogP contribution is 2.10. The largest absolute Gasteiger partial charge is 0.396 e. The normalized spacial score (nSPS) is 11.7. The van der Waals surface area contributed by atoms with Crippen molar-refractivity contribution in [3.63, 3.8) is 0 Å². The number of unbranched alkanes of at least 4 members (excludes halogenated alkanes) is 4. The fourth-order valence-electron chi connectivity index (χ4n) is 2.53. The van der Waals surface area contributed by atoms with Crippen LogP contribution in [0.1, 0.15) is 71.6 Å². The van der Waals surface area contributed by atoms with Crippen molar-refractivity contribution in [3.8, 4) is 0 Å². The van der Waals surface area contributed by atoms with Crippen LogP contribution in [0.5, 0.6) is 0 Å². The lowest BCUT2D eigenvalue weighted by Crippen LogP contribution is -2.32. The summed E-state index contributed by atoms with van der Waals surface area (Å²) in [5, 5.41) is 21.2. The summed E-state index contributed by atoms with van der Waals surface area (Å²) in [6.07, 6.45) is 10.3. The van der Waals surface area contributed by atoms with Crippen molar-refractivity contribution in [2.75, 3.05) is 33.0 Å². The first-order chi connectivity index (χ1) is 10.7. The second-order valence-electron chi connectivity index (χ2n) is 6.59. The standard InChI is InChI=1S/C18H39NO3/c1-17(2)9-6-4-3-5-7-15-22-16-8-12-19-18(10-13-20)11-14-21/h17-21H,3-16H2,1-2H3. The summed E-state index contributed by atoms with van der Waals surface area (Å²) in [6, 6.07) is 0.223. The van der Waals surface area contributed by atoms with Gasteiger partial charge in [0, 0.05) is 32.5 Å². The molecule has 22 heavy (non-hydrogen) atoms. The van der Waals surface area contributed by atoms with E-state index in [9.17, 15) is 0 Å². The molecule has 0 saturated carbocycles. The van der Waals surface area contributed by atoms with Gasteiger partial charge in [0.2, 0.25) is 0 Å². The van der Waals surface area contributed by atoms with Crippen molar-refractivity contribution < 1.29 is 14.9 Å². The van der Waals surface area contributed by atoms with Crippen LogP contribution in [-0.2, 0) is 4.74 Å². The van der Waals surface area contributed by atoms with E-state index >= 15 is 0 Å². The SMILES string of the molecule is CC(C)CCCCCCCOCCCNC(CCO)CCO. The fraction of sp³-hybridized carbons (Fsp3) is 1.00. The third-order valence-electron chi connectivity index (χ3n) is 3.92. The Balaban J connectivity index is 3.19. The molecule has 0 aliphatic rings. The Labute approximate surface area is 137 Å². The molecule has 0 heterocycles. The van der Waals surface area contributed by atoms with Crippen LogP contribution in [0.25, 0.3) is 0 Å². The third-order valence-corrected chi connectivity index (χ3v) is 3.92. The fourth-order valence-corrected chi connectivity index (χ4v) is 2.53. The lowest BCUT2D eigenvalue weighted by Gasteiger charge is -2.16. The van der Waals surface area contributed by atoms with Gasteiger partial charge in [0.15, 0.2) is 0 Å². The van der Waals surface area contributed by atoms with Crippen LogP contribution in [0, 0.1) is 5.92 Å². The predicted molar refractivity (Wildman–Crippen MR) is 93.2 cm³/mol. The zero-order chi connectivity index (χ0) is 16.5. The number of rotatable bonds is 17. The molecule has 0 amide bonds. The van der Waals surface area contributed by atoms with Crippen LogP contribution in [0.15, 0.2) is 0 Å². The highest BCUT2D eigenvalue weighted by Gasteiger charge is 2.05. The van der Waals surface area contributed by atoms with Gasteiger partial charge in [0.05, 0.1) is 0 Å². The Bertz CT molecular complexity index is 207. The number of hydrogen-bond donors (Lipinski definition) is 3. The van der Waals surface area contributed by atoms with Crippen LogP contribution >= 0.6 is 0 Å². The Hall–Kier alpha value is -0.160. The Morgan fingerprint density at radius 2 is 1.36 bits per heavy atom. The van der Waals surface area contributed by atoms with E-state index in [0.717, 1.165) is 32.1 Å². The quantitative estimate of drug-likeness (QED) is 0.361. The minimum absolute atomic E-state index is 0.172. The molecular weight excluding hydrogens is 278 g/mol.